The van der Waals surface area contributed by atoms with Crippen molar-refractivity contribution in [2.24, 2.45) is 0 Å². The standard InChI is InChI=1S/C15H15FN4S3/c1-9(2)13-17-12(7-21-13)8-22-15-20-19-14(23-15)18-11-5-3-4-10(16)6-11/h3-7,9H,8H2,1-2H3,(H,18,19). The molecule has 0 fully saturated rings. The number of aromatic nitrogens is 3. The third-order valence-corrected chi connectivity index (χ3v) is 6.09. The molecule has 0 spiro atoms. The van der Waals surface area contributed by atoms with E-state index < -0.39 is 0 Å². The van der Waals surface area contributed by atoms with E-state index in [1.807, 2.05) is 0 Å². The second-order valence-corrected chi connectivity index (χ2v) is 8.22. The van der Waals surface area contributed by atoms with Gasteiger partial charge >= 0.3 is 0 Å². The van der Waals surface area contributed by atoms with Crippen molar-refractivity contribution in [2.45, 2.75) is 29.9 Å². The molecule has 0 saturated heterocycles. The molecule has 0 atom stereocenters. The molecule has 0 bridgehead atoms. The van der Waals surface area contributed by atoms with Gasteiger partial charge in [-0.15, -0.1) is 21.5 Å². The predicted octanol–water partition coefficient (Wildman–Crippen LogP) is 5.29. The Morgan fingerprint density at radius 2 is 2.17 bits per heavy atom. The minimum absolute atomic E-state index is 0.279. The van der Waals surface area contributed by atoms with E-state index in [1.54, 1.807) is 35.2 Å². The molecule has 0 radical (unpaired) electrons. The molecule has 0 amide bonds. The summed E-state index contributed by atoms with van der Waals surface area (Å²) in [5.74, 6) is 0.957. The van der Waals surface area contributed by atoms with Crippen LogP contribution >= 0.6 is 34.4 Å². The highest BCUT2D eigenvalue weighted by atomic mass is 32.2. The molecule has 1 N–H and O–H groups in total. The lowest BCUT2D eigenvalue weighted by molar-refractivity contribution is 0.628. The van der Waals surface area contributed by atoms with Gasteiger partial charge in [-0.3, -0.25) is 0 Å². The number of rotatable bonds is 6. The first-order chi connectivity index (χ1) is 11.1. The number of hydrogen-bond acceptors (Lipinski definition) is 7. The van der Waals surface area contributed by atoms with E-state index in [4.69, 9.17) is 0 Å². The number of hydrogen-bond donors (Lipinski definition) is 1. The molecule has 3 rings (SSSR count). The van der Waals surface area contributed by atoms with Gasteiger partial charge in [0.25, 0.3) is 0 Å². The Labute approximate surface area is 146 Å². The van der Waals surface area contributed by atoms with Gasteiger partial charge < -0.3 is 5.32 Å². The summed E-state index contributed by atoms with van der Waals surface area (Å²) in [6, 6.07) is 6.28. The van der Waals surface area contributed by atoms with Gasteiger partial charge in [0.15, 0.2) is 4.34 Å². The fourth-order valence-electron chi connectivity index (χ4n) is 1.80. The average Bonchev–Trinajstić information content (AvgIpc) is 3.14. The summed E-state index contributed by atoms with van der Waals surface area (Å²) in [5, 5.41) is 15.2. The van der Waals surface area contributed by atoms with E-state index >= 15 is 0 Å². The van der Waals surface area contributed by atoms with E-state index in [1.165, 1.54) is 23.5 Å². The van der Waals surface area contributed by atoms with Crippen molar-refractivity contribution in [1.29, 1.82) is 0 Å². The van der Waals surface area contributed by atoms with Crippen LogP contribution in [0.3, 0.4) is 0 Å². The van der Waals surface area contributed by atoms with Gasteiger partial charge in [0.1, 0.15) is 5.82 Å². The Morgan fingerprint density at radius 3 is 2.91 bits per heavy atom. The lowest BCUT2D eigenvalue weighted by Gasteiger charge is -2.00. The van der Waals surface area contributed by atoms with Crippen LogP contribution in [0.2, 0.25) is 0 Å². The summed E-state index contributed by atoms with van der Waals surface area (Å²) in [7, 11) is 0. The fraction of sp³-hybridized carbons (Fsp3) is 0.267. The molecule has 0 aliphatic rings. The minimum atomic E-state index is -0.279. The molecule has 1 aromatic carbocycles. The molecule has 0 unspecified atom stereocenters. The average molecular weight is 367 g/mol. The van der Waals surface area contributed by atoms with Gasteiger partial charge in [-0.25, -0.2) is 9.37 Å². The third-order valence-electron chi connectivity index (χ3n) is 2.89. The maximum absolute atomic E-state index is 13.2. The smallest absolute Gasteiger partial charge is 0.210 e. The maximum Gasteiger partial charge on any atom is 0.210 e. The van der Waals surface area contributed by atoms with Crippen molar-refractivity contribution >= 4 is 45.3 Å². The zero-order valence-electron chi connectivity index (χ0n) is 12.6. The molecular formula is C15H15FN4S3. The van der Waals surface area contributed by atoms with Crippen LogP contribution in [-0.4, -0.2) is 15.2 Å². The molecule has 0 aliphatic heterocycles. The van der Waals surface area contributed by atoms with E-state index in [0.29, 0.717) is 16.7 Å². The first-order valence-electron chi connectivity index (χ1n) is 7.03. The highest BCUT2D eigenvalue weighted by Gasteiger charge is 2.09. The topological polar surface area (TPSA) is 50.7 Å². The molecule has 0 aliphatic carbocycles. The van der Waals surface area contributed by atoms with Crippen LogP contribution in [0, 0.1) is 5.82 Å². The van der Waals surface area contributed by atoms with Crippen LogP contribution in [0.15, 0.2) is 34.0 Å². The van der Waals surface area contributed by atoms with Crippen LogP contribution in [-0.2, 0) is 5.75 Å². The summed E-state index contributed by atoms with van der Waals surface area (Å²) < 4.78 is 14.0. The van der Waals surface area contributed by atoms with Crippen LogP contribution in [0.4, 0.5) is 15.2 Å². The van der Waals surface area contributed by atoms with Crippen molar-refractivity contribution in [3.05, 3.63) is 46.2 Å². The summed E-state index contributed by atoms with van der Waals surface area (Å²) in [6.07, 6.45) is 0. The summed E-state index contributed by atoms with van der Waals surface area (Å²) in [6.45, 7) is 4.29. The lowest BCUT2D eigenvalue weighted by Crippen LogP contribution is -1.89. The van der Waals surface area contributed by atoms with Gasteiger partial charge in [0.05, 0.1) is 10.7 Å². The zero-order chi connectivity index (χ0) is 16.2. The number of nitrogens with zero attached hydrogens (tertiary/aromatic N) is 3. The number of halogens is 1. The molecule has 23 heavy (non-hydrogen) atoms. The van der Waals surface area contributed by atoms with Crippen molar-refractivity contribution in [3.8, 4) is 0 Å². The van der Waals surface area contributed by atoms with E-state index in [-0.39, 0.29) is 5.82 Å². The number of nitrogens with one attached hydrogen (secondary N) is 1. The quantitative estimate of drug-likeness (QED) is 0.601. The van der Waals surface area contributed by atoms with Crippen LogP contribution in [0.5, 0.6) is 0 Å². The summed E-state index contributed by atoms with van der Waals surface area (Å²) in [5.41, 5.74) is 1.73. The van der Waals surface area contributed by atoms with Crippen molar-refractivity contribution in [1.82, 2.24) is 15.2 Å². The molecule has 120 valence electrons. The highest BCUT2D eigenvalue weighted by Crippen LogP contribution is 2.30. The number of anilines is 2. The number of thiazole rings is 1. The number of thioether (sulfide) groups is 1. The van der Waals surface area contributed by atoms with Gasteiger partial charge in [-0.2, -0.15) is 0 Å². The van der Waals surface area contributed by atoms with Crippen LogP contribution < -0.4 is 5.32 Å². The molecule has 2 heterocycles. The van der Waals surface area contributed by atoms with E-state index in [0.717, 1.165) is 20.8 Å². The Hall–Kier alpha value is -1.51. The molecular weight excluding hydrogens is 351 g/mol. The fourth-order valence-corrected chi connectivity index (χ4v) is 4.40. The van der Waals surface area contributed by atoms with Gasteiger partial charge in [-0.1, -0.05) is 43.0 Å². The SMILES string of the molecule is CC(C)c1nc(CSc2nnc(Nc3cccc(F)c3)s2)cs1. The van der Waals surface area contributed by atoms with Crippen LogP contribution in [0.1, 0.15) is 30.5 Å². The first-order valence-corrected chi connectivity index (χ1v) is 9.71. The molecule has 4 nitrogen and oxygen atoms in total. The molecule has 8 heteroatoms. The first kappa shape index (κ1) is 16.4. The Bertz CT molecular complexity index is 784. The van der Waals surface area contributed by atoms with Gasteiger partial charge in [0, 0.05) is 22.7 Å². The summed E-state index contributed by atoms with van der Waals surface area (Å²) in [4.78, 5) is 4.61. The second kappa shape index (κ2) is 7.37. The monoisotopic (exact) mass is 366 g/mol. The Balaban J connectivity index is 1.58. The molecule has 2 aromatic heterocycles. The second-order valence-electron chi connectivity index (χ2n) is 5.13. The molecule has 3 aromatic rings. The predicted molar refractivity (Wildman–Crippen MR) is 95.4 cm³/mol. The van der Waals surface area contributed by atoms with Crippen molar-refractivity contribution in [2.75, 3.05) is 5.32 Å². The van der Waals surface area contributed by atoms with E-state index in [9.17, 15) is 4.39 Å². The largest absolute Gasteiger partial charge is 0.330 e. The van der Waals surface area contributed by atoms with E-state index in [2.05, 4.69) is 39.7 Å². The van der Waals surface area contributed by atoms with Crippen LogP contribution in [0.25, 0.3) is 0 Å². The highest BCUT2D eigenvalue weighted by molar-refractivity contribution is 8.00. The molecule has 0 saturated carbocycles. The maximum atomic E-state index is 13.2. The summed E-state index contributed by atoms with van der Waals surface area (Å²) >= 11 is 4.75. The Morgan fingerprint density at radius 1 is 1.30 bits per heavy atom. The Kier molecular flexibility index (Phi) is 5.24. The van der Waals surface area contributed by atoms with Gasteiger partial charge in [-0.05, 0) is 18.2 Å². The zero-order valence-corrected chi connectivity index (χ0v) is 15.1. The number of benzene rings is 1. The van der Waals surface area contributed by atoms with Gasteiger partial charge in [0.2, 0.25) is 5.13 Å². The minimum Gasteiger partial charge on any atom is -0.330 e. The third kappa shape index (κ3) is 4.49. The van der Waals surface area contributed by atoms with Crippen molar-refractivity contribution in [3.63, 3.8) is 0 Å². The lowest BCUT2D eigenvalue weighted by atomic mass is 10.2. The normalized spacial score (nSPS) is 11.1. The van der Waals surface area contributed by atoms with Crippen molar-refractivity contribution < 1.29 is 4.39 Å².